The van der Waals surface area contributed by atoms with E-state index < -0.39 is 11.7 Å². The number of hydrogen-bond acceptors (Lipinski definition) is 6. The van der Waals surface area contributed by atoms with Crippen molar-refractivity contribution < 1.29 is 4.79 Å². The smallest absolute Gasteiger partial charge is 0.339 e. The van der Waals surface area contributed by atoms with Gasteiger partial charge in [-0.05, 0) is 17.9 Å². The predicted octanol–water partition coefficient (Wildman–Crippen LogP) is 3.28. The van der Waals surface area contributed by atoms with Crippen molar-refractivity contribution in [2.75, 3.05) is 25.1 Å². The lowest BCUT2D eigenvalue weighted by Crippen LogP contribution is -2.40. The summed E-state index contributed by atoms with van der Waals surface area (Å²) in [5.74, 6) is 1.23. The maximum atomic E-state index is 13.4. The van der Waals surface area contributed by atoms with Crippen molar-refractivity contribution in [2.45, 2.75) is 38.9 Å². The van der Waals surface area contributed by atoms with Crippen molar-refractivity contribution >= 4 is 34.8 Å². The van der Waals surface area contributed by atoms with Gasteiger partial charge in [-0.1, -0.05) is 62.9 Å². The number of anilines is 1. The monoisotopic (exact) mass is 428 g/mol. The van der Waals surface area contributed by atoms with E-state index in [1.807, 2.05) is 44.2 Å². The van der Waals surface area contributed by atoms with Gasteiger partial charge >= 0.3 is 11.7 Å². The molecular weight excluding hydrogens is 400 g/mol. The van der Waals surface area contributed by atoms with Gasteiger partial charge in [-0.25, -0.2) is 24.1 Å². The molecule has 160 valence electrons. The van der Waals surface area contributed by atoms with E-state index in [4.69, 9.17) is 5.73 Å². The molecule has 8 nitrogen and oxygen atoms in total. The van der Waals surface area contributed by atoms with E-state index in [0.29, 0.717) is 23.9 Å². The first kappa shape index (κ1) is 21.9. The van der Waals surface area contributed by atoms with Gasteiger partial charge < -0.3 is 10.6 Å². The van der Waals surface area contributed by atoms with Gasteiger partial charge in [0, 0.05) is 19.3 Å². The fourth-order valence-corrected chi connectivity index (χ4v) is 3.99. The SMILES string of the molecule is CCCSc1nc(N)c2c(n1)n(Cc1ccccc1)c(=O)n2C(=O)N(C)CC(C)C. The second-order valence-corrected chi connectivity index (χ2v) is 8.72. The number of benzene rings is 1. The van der Waals surface area contributed by atoms with Crippen LogP contribution in [-0.2, 0) is 6.54 Å². The summed E-state index contributed by atoms with van der Waals surface area (Å²) in [6, 6.07) is 9.16. The molecule has 0 fully saturated rings. The summed E-state index contributed by atoms with van der Waals surface area (Å²) in [7, 11) is 1.68. The summed E-state index contributed by atoms with van der Waals surface area (Å²) in [6.45, 7) is 6.90. The number of nitrogens with two attached hydrogens (primary N) is 1. The Kier molecular flexibility index (Phi) is 6.81. The quantitative estimate of drug-likeness (QED) is 0.458. The number of imidazole rings is 1. The molecule has 0 bridgehead atoms. The lowest BCUT2D eigenvalue weighted by molar-refractivity contribution is 0.205. The molecular formula is C21H28N6O2S. The molecule has 2 heterocycles. The number of thioether (sulfide) groups is 1. The number of fused-ring (bicyclic) bond motifs is 1. The number of rotatable bonds is 7. The molecule has 0 spiro atoms. The number of carbonyl (C=O) groups excluding carboxylic acids is 1. The average Bonchev–Trinajstić information content (AvgIpc) is 2.98. The van der Waals surface area contributed by atoms with Crippen molar-refractivity contribution in [1.29, 1.82) is 0 Å². The second kappa shape index (κ2) is 9.34. The maximum absolute atomic E-state index is 13.4. The summed E-state index contributed by atoms with van der Waals surface area (Å²) < 4.78 is 2.60. The molecule has 1 aromatic carbocycles. The Balaban J connectivity index is 2.19. The number of carbonyl (C=O) groups is 1. The molecule has 0 aliphatic rings. The van der Waals surface area contributed by atoms with Gasteiger partial charge in [-0.2, -0.15) is 0 Å². The van der Waals surface area contributed by atoms with Crippen molar-refractivity contribution in [2.24, 2.45) is 5.92 Å². The largest absolute Gasteiger partial charge is 0.382 e. The van der Waals surface area contributed by atoms with E-state index in [0.717, 1.165) is 22.3 Å². The zero-order valence-corrected chi connectivity index (χ0v) is 18.6. The van der Waals surface area contributed by atoms with Crippen molar-refractivity contribution in [3.63, 3.8) is 0 Å². The molecule has 0 saturated carbocycles. The minimum atomic E-state index is -0.465. The Morgan fingerprint density at radius 1 is 1.23 bits per heavy atom. The zero-order valence-electron chi connectivity index (χ0n) is 17.8. The number of nitrogens with zero attached hydrogens (tertiary/aromatic N) is 5. The zero-order chi connectivity index (χ0) is 21.8. The highest BCUT2D eigenvalue weighted by Gasteiger charge is 2.25. The molecule has 0 aliphatic carbocycles. The fourth-order valence-electron chi connectivity index (χ4n) is 3.29. The van der Waals surface area contributed by atoms with E-state index in [9.17, 15) is 9.59 Å². The maximum Gasteiger partial charge on any atom is 0.339 e. The van der Waals surface area contributed by atoms with Crippen molar-refractivity contribution in [1.82, 2.24) is 24.0 Å². The van der Waals surface area contributed by atoms with Crippen molar-refractivity contribution in [3.05, 3.63) is 46.4 Å². The Bertz CT molecular complexity index is 1090. The Hall–Kier alpha value is -2.81. The molecule has 0 saturated heterocycles. The highest BCUT2D eigenvalue weighted by Crippen LogP contribution is 2.23. The molecule has 1 amide bonds. The van der Waals surface area contributed by atoms with E-state index in [-0.39, 0.29) is 17.3 Å². The van der Waals surface area contributed by atoms with Crippen LogP contribution in [0.25, 0.3) is 11.2 Å². The van der Waals surface area contributed by atoms with Gasteiger partial charge in [0.05, 0.1) is 6.54 Å². The molecule has 0 aliphatic heterocycles. The van der Waals surface area contributed by atoms with Gasteiger partial charge in [0.2, 0.25) is 0 Å². The van der Waals surface area contributed by atoms with Gasteiger partial charge in [0.25, 0.3) is 0 Å². The van der Waals surface area contributed by atoms with Gasteiger partial charge in [-0.3, -0.25) is 4.57 Å². The van der Waals surface area contributed by atoms with Crippen LogP contribution < -0.4 is 11.4 Å². The standard InChI is InChI=1S/C21H28N6O2S/c1-5-11-30-19-23-17(22)16-18(24-19)26(13-15-9-7-6-8-10-15)21(29)27(16)20(28)25(4)12-14(2)3/h6-10,14H,5,11-13H2,1-4H3,(H2,22,23,24). The molecule has 3 aromatic rings. The van der Waals surface area contributed by atoms with E-state index in [1.165, 1.54) is 21.2 Å². The molecule has 0 radical (unpaired) electrons. The van der Waals surface area contributed by atoms with E-state index >= 15 is 0 Å². The van der Waals surface area contributed by atoms with Crippen LogP contribution in [0.15, 0.2) is 40.3 Å². The number of nitrogen functional groups attached to an aromatic ring is 1. The van der Waals surface area contributed by atoms with Gasteiger partial charge in [-0.15, -0.1) is 0 Å². The van der Waals surface area contributed by atoms with E-state index in [1.54, 1.807) is 7.05 Å². The number of amides is 1. The first-order chi connectivity index (χ1) is 14.3. The number of aromatic nitrogens is 4. The van der Waals surface area contributed by atoms with Gasteiger partial charge in [0.15, 0.2) is 16.6 Å². The molecule has 0 atom stereocenters. The van der Waals surface area contributed by atoms with Crippen LogP contribution in [0.3, 0.4) is 0 Å². The van der Waals surface area contributed by atoms with Crippen LogP contribution in [0.2, 0.25) is 0 Å². The molecule has 2 N–H and O–H groups in total. The summed E-state index contributed by atoms with van der Waals surface area (Å²) in [5, 5.41) is 0.504. The Labute approximate surface area is 180 Å². The Morgan fingerprint density at radius 2 is 1.93 bits per heavy atom. The van der Waals surface area contributed by atoms with Crippen LogP contribution in [-0.4, -0.2) is 49.4 Å². The van der Waals surface area contributed by atoms with Crippen LogP contribution >= 0.6 is 11.8 Å². The molecule has 3 rings (SSSR count). The van der Waals surface area contributed by atoms with Crippen LogP contribution in [0.1, 0.15) is 32.8 Å². The predicted molar refractivity (Wildman–Crippen MR) is 121 cm³/mol. The summed E-state index contributed by atoms with van der Waals surface area (Å²) in [4.78, 5) is 37.0. The third-order valence-corrected chi connectivity index (χ3v) is 5.60. The highest BCUT2D eigenvalue weighted by molar-refractivity contribution is 7.99. The second-order valence-electron chi connectivity index (χ2n) is 7.66. The fraction of sp³-hybridized carbons (Fsp3) is 0.429. The summed E-state index contributed by atoms with van der Waals surface area (Å²) >= 11 is 1.48. The number of hydrogen-bond donors (Lipinski definition) is 1. The third kappa shape index (κ3) is 4.51. The molecule has 0 unspecified atom stereocenters. The average molecular weight is 429 g/mol. The molecule has 2 aromatic heterocycles. The first-order valence-electron chi connectivity index (χ1n) is 10.0. The summed E-state index contributed by atoms with van der Waals surface area (Å²) in [5.41, 5.74) is 7.34. The van der Waals surface area contributed by atoms with E-state index in [2.05, 4.69) is 16.9 Å². The molecule has 9 heteroatoms. The van der Waals surface area contributed by atoms with Crippen LogP contribution in [0.5, 0.6) is 0 Å². The summed E-state index contributed by atoms with van der Waals surface area (Å²) in [6.07, 6.45) is 0.961. The minimum absolute atomic E-state index is 0.133. The lowest BCUT2D eigenvalue weighted by Gasteiger charge is -2.19. The van der Waals surface area contributed by atoms with Crippen LogP contribution in [0.4, 0.5) is 10.6 Å². The molecule has 30 heavy (non-hydrogen) atoms. The van der Waals surface area contributed by atoms with Crippen LogP contribution in [0, 0.1) is 5.92 Å². The topological polar surface area (TPSA) is 99.0 Å². The lowest BCUT2D eigenvalue weighted by atomic mass is 10.2. The van der Waals surface area contributed by atoms with Crippen molar-refractivity contribution in [3.8, 4) is 0 Å². The first-order valence-corrected chi connectivity index (χ1v) is 11.0. The highest BCUT2D eigenvalue weighted by atomic mass is 32.2. The third-order valence-electron chi connectivity index (χ3n) is 4.55. The van der Waals surface area contributed by atoms with Gasteiger partial charge in [0.1, 0.15) is 5.52 Å². The Morgan fingerprint density at radius 3 is 2.57 bits per heavy atom. The normalized spacial score (nSPS) is 11.4. The minimum Gasteiger partial charge on any atom is -0.382 e.